The molecule has 1 aromatic rings. The summed E-state index contributed by atoms with van der Waals surface area (Å²) in [5, 5.41) is 6.38. The lowest BCUT2D eigenvalue weighted by molar-refractivity contribution is -0.144. The van der Waals surface area contributed by atoms with E-state index in [1.165, 1.54) is 20.0 Å². The maximum absolute atomic E-state index is 11.4. The zero-order valence-corrected chi connectivity index (χ0v) is 17.4. The first-order valence-electron chi connectivity index (χ1n) is 8.37. The molecule has 0 amide bonds. The van der Waals surface area contributed by atoms with Crippen LogP contribution in [0.4, 0.5) is 0 Å². The number of ether oxygens (including phenoxy) is 2. The fourth-order valence-corrected chi connectivity index (χ4v) is 2.22. The van der Waals surface area contributed by atoms with Gasteiger partial charge in [-0.05, 0) is 24.8 Å². The van der Waals surface area contributed by atoms with Gasteiger partial charge in [-0.15, -0.1) is 24.0 Å². The van der Waals surface area contributed by atoms with Crippen LogP contribution in [0.2, 0.25) is 0 Å². The predicted octanol–water partition coefficient (Wildman–Crippen LogP) is 2.57. The van der Waals surface area contributed by atoms with Crippen LogP contribution in [0.15, 0.2) is 29.3 Å². The van der Waals surface area contributed by atoms with Crippen molar-refractivity contribution < 1.29 is 14.3 Å². The van der Waals surface area contributed by atoms with E-state index in [9.17, 15) is 4.79 Å². The maximum atomic E-state index is 11.4. The van der Waals surface area contributed by atoms with E-state index in [1.807, 2.05) is 31.2 Å². The molecule has 0 spiro atoms. The van der Waals surface area contributed by atoms with Gasteiger partial charge in [0.25, 0.3) is 0 Å². The van der Waals surface area contributed by atoms with Crippen molar-refractivity contribution >= 4 is 35.9 Å². The van der Waals surface area contributed by atoms with E-state index in [4.69, 9.17) is 9.47 Å². The quantitative estimate of drug-likeness (QED) is 0.270. The minimum absolute atomic E-state index is 0. The van der Waals surface area contributed by atoms with Crippen molar-refractivity contribution in [1.82, 2.24) is 10.6 Å². The van der Waals surface area contributed by atoms with Crippen molar-refractivity contribution in [3.63, 3.8) is 0 Å². The summed E-state index contributed by atoms with van der Waals surface area (Å²) < 4.78 is 10.6. The number of halogens is 1. The topological polar surface area (TPSA) is 72.0 Å². The minimum atomic E-state index is -0.239. The van der Waals surface area contributed by atoms with Gasteiger partial charge in [0, 0.05) is 25.7 Å². The Bertz CT molecular complexity index is 576. The summed E-state index contributed by atoms with van der Waals surface area (Å²) in [4.78, 5) is 15.6. The Morgan fingerprint density at radius 3 is 2.68 bits per heavy atom. The molecular weight excluding hydrogens is 433 g/mol. The minimum Gasteiger partial charge on any atom is -0.493 e. The highest BCUT2D eigenvalue weighted by atomic mass is 127. The van der Waals surface area contributed by atoms with E-state index in [1.54, 1.807) is 7.05 Å². The fourth-order valence-electron chi connectivity index (χ4n) is 2.22. The van der Waals surface area contributed by atoms with Crippen LogP contribution in [0.25, 0.3) is 0 Å². The molecule has 1 fully saturated rings. The molecule has 1 aliphatic rings. The van der Waals surface area contributed by atoms with Gasteiger partial charge in [-0.2, -0.15) is 0 Å². The lowest BCUT2D eigenvalue weighted by atomic mass is 10.2. The number of carbonyl (C=O) groups is 1. The Kier molecular flexibility index (Phi) is 9.62. The molecule has 0 heterocycles. The van der Waals surface area contributed by atoms with Crippen LogP contribution < -0.4 is 15.4 Å². The van der Waals surface area contributed by atoms with Crippen LogP contribution in [0.3, 0.4) is 0 Å². The number of benzene rings is 1. The molecule has 1 aromatic carbocycles. The number of nitrogens with one attached hydrogen (secondary N) is 2. The van der Waals surface area contributed by atoms with Crippen LogP contribution >= 0.6 is 24.0 Å². The predicted molar refractivity (Wildman–Crippen MR) is 109 cm³/mol. The van der Waals surface area contributed by atoms with Gasteiger partial charge >= 0.3 is 5.97 Å². The zero-order valence-electron chi connectivity index (χ0n) is 15.1. The summed E-state index contributed by atoms with van der Waals surface area (Å²) >= 11 is 0. The number of hydrogen-bond donors (Lipinski definition) is 2. The third kappa shape index (κ3) is 7.50. The number of guanidine groups is 1. The summed E-state index contributed by atoms with van der Waals surface area (Å²) in [6.45, 7) is 3.67. The fraction of sp³-hybridized carbons (Fsp3) is 0.556. The highest BCUT2D eigenvalue weighted by Crippen LogP contribution is 2.30. The number of rotatable bonds is 8. The number of para-hydroxylation sites is 1. The Balaban J connectivity index is 0.00000312. The van der Waals surface area contributed by atoms with E-state index < -0.39 is 0 Å². The summed E-state index contributed by atoms with van der Waals surface area (Å²) in [6, 6.07) is 8.02. The third-order valence-corrected chi connectivity index (χ3v) is 3.99. The Morgan fingerprint density at radius 2 is 2.04 bits per heavy atom. The van der Waals surface area contributed by atoms with E-state index in [-0.39, 0.29) is 35.9 Å². The molecule has 140 valence electrons. The Morgan fingerprint density at radius 1 is 1.32 bits per heavy atom. The number of esters is 1. The van der Waals surface area contributed by atoms with Gasteiger partial charge < -0.3 is 20.1 Å². The molecule has 6 nitrogen and oxygen atoms in total. The average molecular weight is 461 g/mol. The number of carbonyl (C=O) groups excluding carboxylic acids is 1. The summed E-state index contributed by atoms with van der Waals surface area (Å²) in [5.74, 6) is 1.80. The van der Waals surface area contributed by atoms with Gasteiger partial charge in [0.05, 0.1) is 19.6 Å². The number of nitrogens with zero attached hydrogens (tertiary/aromatic N) is 1. The van der Waals surface area contributed by atoms with Crippen LogP contribution in [-0.4, -0.2) is 39.2 Å². The van der Waals surface area contributed by atoms with Crippen LogP contribution in [0, 0.1) is 11.8 Å². The molecule has 7 heteroatoms. The molecule has 0 aliphatic heterocycles. The van der Waals surface area contributed by atoms with E-state index in [2.05, 4.69) is 15.6 Å². The second kappa shape index (κ2) is 11.2. The van der Waals surface area contributed by atoms with E-state index in [0.29, 0.717) is 19.0 Å². The summed E-state index contributed by atoms with van der Waals surface area (Å²) in [6.07, 6.45) is 2.55. The molecule has 1 aliphatic carbocycles. The first kappa shape index (κ1) is 21.5. The van der Waals surface area contributed by atoms with E-state index in [0.717, 1.165) is 23.8 Å². The number of aliphatic imine (C=N–C) groups is 1. The van der Waals surface area contributed by atoms with Gasteiger partial charge in [-0.25, -0.2) is 0 Å². The number of hydrogen-bond acceptors (Lipinski definition) is 4. The molecular formula is C18H28IN3O3. The van der Waals surface area contributed by atoms with Crippen molar-refractivity contribution in [3.8, 4) is 5.75 Å². The van der Waals surface area contributed by atoms with E-state index >= 15 is 0 Å². The first-order valence-corrected chi connectivity index (χ1v) is 8.37. The molecule has 0 radical (unpaired) electrons. The Hall–Kier alpha value is -1.51. The molecule has 0 aromatic heterocycles. The van der Waals surface area contributed by atoms with Crippen molar-refractivity contribution in [2.75, 3.05) is 27.3 Å². The lowest BCUT2D eigenvalue weighted by Crippen LogP contribution is -2.40. The number of methoxy groups -OCH3 is 1. The van der Waals surface area contributed by atoms with Crippen LogP contribution in [-0.2, 0) is 16.1 Å². The van der Waals surface area contributed by atoms with Gasteiger partial charge in [0.2, 0.25) is 0 Å². The highest BCUT2D eigenvalue weighted by Gasteiger charge is 2.22. The lowest BCUT2D eigenvalue weighted by Gasteiger charge is -2.16. The third-order valence-electron chi connectivity index (χ3n) is 3.99. The van der Waals surface area contributed by atoms with Crippen LogP contribution in [0.5, 0.6) is 5.75 Å². The van der Waals surface area contributed by atoms with Crippen molar-refractivity contribution in [1.29, 1.82) is 0 Å². The van der Waals surface area contributed by atoms with Gasteiger partial charge in [0.1, 0.15) is 5.75 Å². The highest BCUT2D eigenvalue weighted by molar-refractivity contribution is 14.0. The average Bonchev–Trinajstić information content (AvgIpc) is 3.44. The largest absolute Gasteiger partial charge is 0.493 e. The van der Waals surface area contributed by atoms with Gasteiger partial charge in [-0.1, -0.05) is 25.1 Å². The SMILES string of the molecule is CN=C(NCc1ccccc1OCC1CC1)NCC(C)C(=O)OC.I. The molecule has 1 unspecified atom stereocenters. The van der Waals surface area contributed by atoms with Crippen molar-refractivity contribution in [3.05, 3.63) is 29.8 Å². The second-order valence-electron chi connectivity index (χ2n) is 6.09. The molecule has 2 N–H and O–H groups in total. The molecule has 25 heavy (non-hydrogen) atoms. The molecule has 1 saturated carbocycles. The smallest absolute Gasteiger partial charge is 0.310 e. The second-order valence-corrected chi connectivity index (χ2v) is 6.09. The van der Waals surface area contributed by atoms with Crippen molar-refractivity contribution in [2.45, 2.75) is 26.3 Å². The maximum Gasteiger partial charge on any atom is 0.310 e. The summed E-state index contributed by atoms with van der Waals surface area (Å²) in [5.41, 5.74) is 1.09. The Labute approximate surface area is 166 Å². The normalized spacial score (nSPS) is 14.9. The van der Waals surface area contributed by atoms with Crippen molar-refractivity contribution in [2.24, 2.45) is 16.8 Å². The molecule has 2 rings (SSSR count). The molecule has 0 saturated heterocycles. The zero-order chi connectivity index (χ0) is 17.4. The summed E-state index contributed by atoms with van der Waals surface area (Å²) in [7, 11) is 3.10. The molecule has 1 atom stereocenters. The monoisotopic (exact) mass is 461 g/mol. The standard InChI is InChI=1S/C18H27N3O3.HI/c1-13(17(22)23-3)10-20-18(19-2)21-11-15-6-4-5-7-16(15)24-12-14-8-9-14;/h4-7,13-14H,8-12H2,1-3H3,(H2,19,20,21);1H. The van der Waals surface area contributed by atoms with Gasteiger partial charge in [-0.3, -0.25) is 9.79 Å². The molecule has 0 bridgehead atoms. The van der Waals surface area contributed by atoms with Crippen LogP contribution in [0.1, 0.15) is 25.3 Å². The van der Waals surface area contributed by atoms with Gasteiger partial charge in [0.15, 0.2) is 5.96 Å². The first-order chi connectivity index (χ1) is 11.6.